The van der Waals surface area contributed by atoms with Crippen molar-refractivity contribution in [3.8, 4) is 11.1 Å². The van der Waals surface area contributed by atoms with Crippen LogP contribution in [-0.2, 0) is 20.7 Å². The number of nitrogens with zero attached hydrogens (tertiary/aromatic N) is 2. The number of carbonyl (C=O) groups excluding carboxylic acids is 2. The van der Waals surface area contributed by atoms with Crippen molar-refractivity contribution >= 4 is 28.1 Å². The van der Waals surface area contributed by atoms with Crippen molar-refractivity contribution in [3.05, 3.63) is 166 Å². The first-order valence-electron chi connectivity index (χ1n) is 20.9. The van der Waals surface area contributed by atoms with E-state index in [0.29, 0.717) is 32.4 Å². The smallest absolute Gasteiger partial charge is 0.411 e. The van der Waals surface area contributed by atoms with Gasteiger partial charge in [0.05, 0.1) is 30.4 Å². The van der Waals surface area contributed by atoms with Gasteiger partial charge in [-0.25, -0.2) is 14.0 Å². The number of hydrogen-bond donors (Lipinski definition) is 3. The van der Waals surface area contributed by atoms with Gasteiger partial charge in [0.25, 0.3) is 0 Å². The minimum absolute atomic E-state index is 0.0721. The molecule has 2 saturated heterocycles. The number of ether oxygens (including phenoxy) is 2. The summed E-state index contributed by atoms with van der Waals surface area (Å²) in [6.07, 6.45) is 0.672. The highest BCUT2D eigenvalue weighted by molar-refractivity contribution is 9.10. The molecule has 11 heteroatoms. The summed E-state index contributed by atoms with van der Waals surface area (Å²) >= 11 is 3.45. The third kappa shape index (κ3) is 11.1. The normalized spacial score (nSPS) is 20.7. The molecule has 0 saturated carbocycles. The molecule has 0 aliphatic carbocycles. The van der Waals surface area contributed by atoms with Crippen molar-refractivity contribution in [1.82, 2.24) is 9.80 Å². The van der Waals surface area contributed by atoms with Crippen LogP contribution in [0.5, 0.6) is 0 Å². The van der Waals surface area contributed by atoms with Crippen LogP contribution in [0.4, 0.5) is 14.0 Å². The molecule has 0 aromatic heterocycles. The number of benzene rings is 5. The summed E-state index contributed by atoms with van der Waals surface area (Å²) in [5.41, 5.74) is 2.93. The lowest BCUT2D eigenvalue weighted by Crippen LogP contribution is -2.51. The van der Waals surface area contributed by atoms with E-state index in [1.807, 2.05) is 116 Å². The minimum atomic E-state index is -0.986. The minimum Gasteiger partial charge on any atom is -0.438 e. The molecule has 0 spiro atoms. The van der Waals surface area contributed by atoms with E-state index in [-0.39, 0.29) is 37.0 Å². The average molecular weight is 896 g/mol. The summed E-state index contributed by atoms with van der Waals surface area (Å²) < 4.78 is 26.3. The number of cyclic esters (lactones) is 2. The van der Waals surface area contributed by atoms with Crippen molar-refractivity contribution in [1.29, 1.82) is 0 Å². The van der Waals surface area contributed by atoms with Crippen LogP contribution >= 0.6 is 15.9 Å². The third-order valence-corrected chi connectivity index (χ3v) is 12.2. The number of aliphatic hydroxyl groups excluding tert-OH is 2. The molecule has 61 heavy (non-hydrogen) atoms. The van der Waals surface area contributed by atoms with E-state index in [9.17, 15) is 29.3 Å². The van der Waals surface area contributed by atoms with Gasteiger partial charge in [-0.15, -0.1) is 0 Å². The zero-order valence-electron chi connectivity index (χ0n) is 35.2. The topological polar surface area (TPSA) is 120 Å². The molecule has 2 amide bonds. The average Bonchev–Trinajstić information content (AvgIpc) is 3.25. The predicted octanol–water partition coefficient (Wildman–Crippen LogP) is 10.8. The summed E-state index contributed by atoms with van der Waals surface area (Å²) in [5, 5.41) is 30.0. The lowest BCUT2D eigenvalue weighted by Gasteiger charge is -2.45. The molecule has 2 fully saturated rings. The van der Waals surface area contributed by atoms with Crippen molar-refractivity contribution in [2.75, 3.05) is 19.7 Å². The quantitative estimate of drug-likeness (QED) is 0.108. The fraction of sp³-hybridized carbons (Fsp3) is 0.360. The lowest BCUT2D eigenvalue weighted by molar-refractivity contribution is -0.101. The highest BCUT2D eigenvalue weighted by Gasteiger charge is 2.47. The van der Waals surface area contributed by atoms with Crippen molar-refractivity contribution in [3.63, 3.8) is 0 Å². The molecule has 0 bridgehead atoms. The first kappa shape index (κ1) is 45.5. The van der Waals surface area contributed by atoms with E-state index >= 15 is 0 Å². The highest BCUT2D eigenvalue weighted by atomic mass is 79.9. The fourth-order valence-electron chi connectivity index (χ4n) is 8.59. The zero-order chi connectivity index (χ0) is 43.8. The van der Waals surface area contributed by atoms with Gasteiger partial charge in [-0.3, -0.25) is 0 Å². The Bertz CT molecular complexity index is 2190. The molecule has 2 aliphatic rings. The Morgan fingerprint density at radius 2 is 1.20 bits per heavy atom. The van der Waals surface area contributed by atoms with Crippen LogP contribution in [0, 0.1) is 5.82 Å². The van der Waals surface area contributed by atoms with Crippen LogP contribution in [-0.4, -0.2) is 68.7 Å². The monoisotopic (exact) mass is 894 g/mol. The van der Waals surface area contributed by atoms with Gasteiger partial charge in [0.2, 0.25) is 0 Å². The maximum atomic E-state index is 13.2. The van der Waals surface area contributed by atoms with Crippen LogP contribution in [0.3, 0.4) is 0 Å². The fourth-order valence-corrected chi connectivity index (χ4v) is 8.86. The van der Waals surface area contributed by atoms with Crippen LogP contribution in [0.15, 0.2) is 138 Å². The van der Waals surface area contributed by atoms with Crippen LogP contribution < -0.4 is 0 Å². The summed E-state index contributed by atoms with van der Waals surface area (Å²) in [4.78, 5) is 29.7. The predicted molar refractivity (Wildman–Crippen MR) is 238 cm³/mol. The first-order valence-corrected chi connectivity index (χ1v) is 21.7. The molecule has 5 aromatic rings. The maximum Gasteiger partial charge on any atom is 0.411 e. The van der Waals surface area contributed by atoms with Gasteiger partial charge in [-0.2, -0.15) is 0 Å². The summed E-state index contributed by atoms with van der Waals surface area (Å²) in [5.74, 6) is -0.260. The van der Waals surface area contributed by atoms with Gasteiger partial charge in [0.1, 0.15) is 17.0 Å². The van der Waals surface area contributed by atoms with Gasteiger partial charge in [0.15, 0.2) is 0 Å². The van der Waals surface area contributed by atoms with E-state index in [1.54, 1.807) is 35.8 Å². The lowest BCUT2D eigenvalue weighted by atomic mass is 9.80. The van der Waals surface area contributed by atoms with E-state index in [4.69, 9.17) is 9.47 Å². The summed E-state index contributed by atoms with van der Waals surface area (Å²) in [6.45, 7) is 8.18. The molecule has 5 aromatic carbocycles. The number of aliphatic hydroxyl groups is 3. The second kappa shape index (κ2) is 19.8. The molecule has 5 atom stereocenters. The standard InChI is InChI=1S/C28H30FNO3.C22H26BrNO4/c1-20(21-9-11-22(12-10-21)23-13-15-25(29)16-14-23)30-18-17-28(33-26(30)31,19-27(2,3)32)24-7-5-4-6-8-24;1-2-20(16-8-10-18(23)11-9-16)24-13-12-22(28-21(24)27,14-19(26)15-25)17-6-4-3-5-7-17/h4-16,20,32H,17-19H2,1-3H3;3-11,19-20,25-26H,2,12-15H2,1H3. The molecule has 3 N–H and O–H groups in total. The number of amides is 2. The second-order valence-electron chi connectivity index (χ2n) is 16.7. The van der Waals surface area contributed by atoms with Gasteiger partial charge >= 0.3 is 12.2 Å². The van der Waals surface area contributed by atoms with E-state index in [2.05, 4.69) is 22.9 Å². The molecule has 7 rings (SSSR count). The second-order valence-corrected chi connectivity index (χ2v) is 17.6. The molecular formula is C50H56BrFN2O7. The Morgan fingerprint density at radius 3 is 1.70 bits per heavy atom. The number of halogens is 2. The maximum absolute atomic E-state index is 13.2. The van der Waals surface area contributed by atoms with Crippen LogP contribution in [0.25, 0.3) is 11.1 Å². The van der Waals surface area contributed by atoms with Gasteiger partial charge in [-0.1, -0.05) is 132 Å². The molecule has 9 nitrogen and oxygen atoms in total. The van der Waals surface area contributed by atoms with Crippen LogP contribution in [0.1, 0.15) is 94.1 Å². The molecule has 2 aliphatic heterocycles. The van der Waals surface area contributed by atoms with Crippen molar-refractivity contribution < 1.29 is 38.8 Å². The number of rotatable bonds is 13. The molecule has 5 unspecified atom stereocenters. The van der Waals surface area contributed by atoms with E-state index in [0.717, 1.165) is 44.3 Å². The number of carbonyl (C=O) groups is 2. The molecular weight excluding hydrogens is 839 g/mol. The highest BCUT2D eigenvalue weighted by Crippen LogP contribution is 2.43. The SMILES string of the molecule is CC(c1ccc(-c2ccc(F)cc2)cc1)N1CCC(CC(C)(C)O)(c2ccccc2)OC1=O.CCC(c1ccc(Br)cc1)N1CCC(CC(O)CO)(c2ccccc2)OC1=O. The Labute approximate surface area is 366 Å². The van der Waals surface area contributed by atoms with E-state index in [1.165, 1.54) is 12.1 Å². The van der Waals surface area contributed by atoms with Crippen LogP contribution in [0.2, 0.25) is 0 Å². The molecule has 322 valence electrons. The molecule has 2 heterocycles. The summed E-state index contributed by atoms with van der Waals surface area (Å²) in [6, 6.07) is 41.2. The summed E-state index contributed by atoms with van der Waals surface area (Å²) in [7, 11) is 0. The largest absolute Gasteiger partial charge is 0.438 e. The van der Waals surface area contributed by atoms with Crippen molar-refractivity contribution in [2.45, 2.75) is 94.8 Å². The third-order valence-electron chi connectivity index (χ3n) is 11.7. The Morgan fingerprint density at radius 1 is 0.721 bits per heavy atom. The van der Waals surface area contributed by atoms with E-state index < -0.39 is 29.0 Å². The Balaban J connectivity index is 0.000000207. The first-order chi connectivity index (χ1) is 29.2. The molecule has 0 radical (unpaired) electrons. The van der Waals surface area contributed by atoms with Gasteiger partial charge in [0, 0.05) is 43.2 Å². The Hall–Kier alpha value is -5.07. The van der Waals surface area contributed by atoms with Crippen molar-refractivity contribution in [2.24, 2.45) is 0 Å². The zero-order valence-corrected chi connectivity index (χ0v) is 36.8. The van der Waals surface area contributed by atoms with Gasteiger partial charge < -0.3 is 34.6 Å². The Kier molecular flexibility index (Phi) is 14.7. The van der Waals surface area contributed by atoms with Gasteiger partial charge in [-0.05, 0) is 84.8 Å². The number of hydrogen-bond acceptors (Lipinski definition) is 7.